The van der Waals surface area contributed by atoms with Crippen LogP contribution in [0.1, 0.15) is 19.4 Å². The van der Waals surface area contributed by atoms with E-state index in [-0.39, 0.29) is 5.60 Å². The van der Waals surface area contributed by atoms with Crippen LogP contribution in [-0.2, 0) is 6.42 Å². The van der Waals surface area contributed by atoms with Crippen LogP contribution in [0.4, 0.5) is 5.69 Å². The number of hydrazine groups is 1. The Labute approximate surface area is 127 Å². The van der Waals surface area contributed by atoms with E-state index in [4.69, 9.17) is 46.0 Å². The summed E-state index contributed by atoms with van der Waals surface area (Å²) >= 11 is 17.7. The molecule has 0 unspecified atom stereocenters. The quantitative estimate of drug-likeness (QED) is 0.473. The molecular weight excluding hydrogens is 305 g/mol. The largest absolute Gasteiger partial charge is 0.486 e. The lowest BCUT2D eigenvalue weighted by Crippen LogP contribution is -2.36. The van der Waals surface area contributed by atoms with Crippen molar-refractivity contribution in [3.63, 3.8) is 0 Å². The van der Waals surface area contributed by atoms with E-state index in [1.165, 1.54) is 5.01 Å². The Morgan fingerprint density at radius 3 is 2.74 bits per heavy atom. The molecule has 0 amide bonds. The normalized spacial score (nSPS) is 15.7. The fraction of sp³-hybridized carbons (Fsp3) is 0.417. The fourth-order valence-electron chi connectivity index (χ4n) is 1.96. The maximum Gasteiger partial charge on any atom is 0.187 e. The molecule has 3 N–H and O–H groups in total. The van der Waals surface area contributed by atoms with Gasteiger partial charge in [0.05, 0.1) is 15.7 Å². The van der Waals surface area contributed by atoms with Crippen LogP contribution in [0.3, 0.4) is 0 Å². The molecule has 0 radical (unpaired) electrons. The van der Waals surface area contributed by atoms with Gasteiger partial charge in [0, 0.05) is 19.0 Å². The van der Waals surface area contributed by atoms with Crippen molar-refractivity contribution in [3.8, 4) is 5.75 Å². The van der Waals surface area contributed by atoms with Crippen LogP contribution in [0.15, 0.2) is 6.07 Å². The maximum absolute atomic E-state index is 6.38. The van der Waals surface area contributed by atoms with E-state index in [0.29, 0.717) is 33.0 Å². The fourth-order valence-corrected chi connectivity index (χ4v) is 2.59. The van der Waals surface area contributed by atoms with Crippen LogP contribution in [0, 0.1) is 0 Å². The summed E-state index contributed by atoms with van der Waals surface area (Å²) in [5.74, 6) is 6.20. The molecule has 1 aliphatic rings. The van der Waals surface area contributed by atoms with Crippen molar-refractivity contribution < 1.29 is 4.74 Å². The molecule has 0 saturated carbocycles. The number of ether oxygens (including phenoxy) is 1. The van der Waals surface area contributed by atoms with E-state index in [1.54, 1.807) is 13.1 Å². The third-order valence-corrected chi connectivity index (χ3v) is 3.91. The summed E-state index contributed by atoms with van der Waals surface area (Å²) < 4.78 is 5.80. The smallest absolute Gasteiger partial charge is 0.187 e. The van der Waals surface area contributed by atoms with Crippen molar-refractivity contribution in [2.24, 2.45) is 5.84 Å². The summed E-state index contributed by atoms with van der Waals surface area (Å²) in [5, 5.41) is 5.70. The zero-order valence-electron chi connectivity index (χ0n) is 10.9. The van der Waals surface area contributed by atoms with Gasteiger partial charge in [0.25, 0.3) is 0 Å². The lowest BCUT2D eigenvalue weighted by Gasteiger charge is -2.17. The summed E-state index contributed by atoms with van der Waals surface area (Å²) in [7, 11) is 1.64. The Kier molecular flexibility index (Phi) is 3.84. The van der Waals surface area contributed by atoms with Crippen LogP contribution in [-0.4, -0.2) is 22.8 Å². The third kappa shape index (κ3) is 2.89. The Balaban J connectivity index is 2.40. The van der Waals surface area contributed by atoms with E-state index < -0.39 is 0 Å². The van der Waals surface area contributed by atoms with E-state index in [9.17, 15) is 0 Å². The van der Waals surface area contributed by atoms with E-state index >= 15 is 0 Å². The van der Waals surface area contributed by atoms with Gasteiger partial charge in [0.2, 0.25) is 0 Å². The maximum atomic E-state index is 6.38. The van der Waals surface area contributed by atoms with Crippen LogP contribution in [0.2, 0.25) is 10.0 Å². The highest BCUT2D eigenvalue weighted by molar-refractivity contribution is 7.80. The standard InChI is InChI=1S/C12H15Cl2N3OS/c1-12(2)5-6-9(14)8(16-11(19)17(3)15)4-7(13)10(6)18-12/h4H,5,15H2,1-3H3,(H,16,19). The van der Waals surface area contributed by atoms with Crippen molar-refractivity contribution in [1.29, 1.82) is 0 Å². The number of nitrogens with one attached hydrogen (secondary N) is 1. The van der Waals surface area contributed by atoms with Gasteiger partial charge in [-0.15, -0.1) is 0 Å². The molecule has 1 aromatic rings. The molecular formula is C12H15Cl2N3OS. The summed E-state index contributed by atoms with van der Waals surface area (Å²) in [6.07, 6.45) is 0.696. The van der Waals surface area contributed by atoms with Crippen molar-refractivity contribution >= 4 is 46.2 Å². The molecule has 0 fully saturated rings. The number of thiocarbonyl (C=S) groups is 1. The summed E-state index contributed by atoms with van der Waals surface area (Å²) in [6.45, 7) is 3.98. The van der Waals surface area contributed by atoms with Gasteiger partial charge in [-0.3, -0.25) is 5.01 Å². The van der Waals surface area contributed by atoms with Crippen molar-refractivity contribution in [3.05, 3.63) is 21.7 Å². The minimum atomic E-state index is -0.306. The second kappa shape index (κ2) is 4.98. The molecule has 0 aromatic heterocycles. The van der Waals surface area contributed by atoms with Crippen LogP contribution >= 0.6 is 35.4 Å². The average Bonchev–Trinajstić information content (AvgIpc) is 2.62. The topological polar surface area (TPSA) is 50.5 Å². The van der Waals surface area contributed by atoms with Crippen LogP contribution in [0.5, 0.6) is 5.75 Å². The van der Waals surface area contributed by atoms with Gasteiger partial charge in [0.1, 0.15) is 11.4 Å². The first-order valence-corrected chi connectivity index (χ1v) is 6.87. The first-order chi connectivity index (χ1) is 8.71. The zero-order valence-corrected chi connectivity index (χ0v) is 13.2. The molecule has 1 heterocycles. The lowest BCUT2D eigenvalue weighted by atomic mass is 10.0. The monoisotopic (exact) mass is 319 g/mol. The Bertz CT molecular complexity index is 546. The highest BCUT2D eigenvalue weighted by Gasteiger charge is 2.34. The zero-order chi connectivity index (χ0) is 14.4. The van der Waals surface area contributed by atoms with Gasteiger partial charge < -0.3 is 10.1 Å². The first-order valence-electron chi connectivity index (χ1n) is 5.70. The molecule has 7 heteroatoms. The minimum Gasteiger partial charge on any atom is -0.486 e. The number of rotatable bonds is 1. The van der Waals surface area contributed by atoms with Gasteiger partial charge in [-0.1, -0.05) is 23.2 Å². The summed E-state index contributed by atoms with van der Waals surface area (Å²) in [5.41, 5.74) is 1.22. The number of hydrogen-bond acceptors (Lipinski definition) is 3. The van der Waals surface area contributed by atoms with E-state index in [2.05, 4.69) is 5.32 Å². The molecule has 2 rings (SSSR count). The van der Waals surface area contributed by atoms with Gasteiger partial charge in [-0.05, 0) is 32.1 Å². The van der Waals surface area contributed by atoms with Crippen LogP contribution in [0.25, 0.3) is 0 Å². The SMILES string of the molecule is CN(N)C(=S)Nc1cc(Cl)c2c(c1Cl)CC(C)(C)O2. The molecule has 0 bridgehead atoms. The highest BCUT2D eigenvalue weighted by atomic mass is 35.5. The Morgan fingerprint density at radius 2 is 2.16 bits per heavy atom. The number of nitrogens with zero attached hydrogens (tertiary/aromatic N) is 1. The number of anilines is 1. The number of benzene rings is 1. The molecule has 0 saturated heterocycles. The van der Waals surface area contributed by atoms with Crippen molar-refractivity contribution in [2.75, 3.05) is 12.4 Å². The lowest BCUT2D eigenvalue weighted by molar-refractivity contribution is 0.138. The molecule has 0 atom stereocenters. The molecule has 1 aromatic carbocycles. The number of halogens is 2. The highest BCUT2D eigenvalue weighted by Crippen LogP contribution is 2.46. The summed E-state index contributed by atoms with van der Waals surface area (Å²) in [4.78, 5) is 0. The van der Waals surface area contributed by atoms with Crippen LogP contribution < -0.4 is 15.9 Å². The average molecular weight is 320 g/mol. The predicted molar refractivity (Wildman–Crippen MR) is 83.0 cm³/mol. The molecule has 4 nitrogen and oxygen atoms in total. The molecule has 0 aliphatic carbocycles. The predicted octanol–water partition coefficient (Wildman–Crippen LogP) is 3.21. The van der Waals surface area contributed by atoms with E-state index in [0.717, 1.165) is 5.56 Å². The molecule has 0 spiro atoms. The Morgan fingerprint density at radius 1 is 1.53 bits per heavy atom. The first kappa shape index (κ1) is 14.7. The third-order valence-electron chi connectivity index (χ3n) is 2.81. The second-order valence-corrected chi connectivity index (χ2v) is 6.28. The second-order valence-electron chi connectivity index (χ2n) is 5.11. The van der Waals surface area contributed by atoms with Gasteiger partial charge in [-0.25, -0.2) is 5.84 Å². The molecule has 104 valence electrons. The van der Waals surface area contributed by atoms with Gasteiger partial charge in [-0.2, -0.15) is 0 Å². The van der Waals surface area contributed by atoms with Crippen molar-refractivity contribution in [1.82, 2.24) is 5.01 Å². The Hall–Kier alpha value is -0.750. The number of fused-ring (bicyclic) bond motifs is 1. The molecule has 19 heavy (non-hydrogen) atoms. The number of nitrogens with two attached hydrogens (primary N) is 1. The minimum absolute atomic E-state index is 0.306. The number of hydrogen-bond donors (Lipinski definition) is 2. The molecule has 1 aliphatic heterocycles. The van der Waals surface area contributed by atoms with E-state index in [1.807, 2.05) is 13.8 Å². The summed E-state index contributed by atoms with van der Waals surface area (Å²) in [6, 6.07) is 1.69. The van der Waals surface area contributed by atoms with Crippen molar-refractivity contribution in [2.45, 2.75) is 25.9 Å². The van der Waals surface area contributed by atoms with Gasteiger partial charge in [0.15, 0.2) is 5.11 Å². The van der Waals surface area contributed by atoms with Gasteiger partial charge >= 0.3 is 0 Å².